The highest BCUT2D eigenvalue weighted by atomic mass is 16.5. The van der Waals surface area contributed by atoms with Crippen LogP contribution >= 0.6 is 0 Å². The van der Waals surface area contributed by atoms with E-state index in [0.29, 0.717) is 11.5 Å². The maximum atomic E-state index is 5.34. The fourth-order valence-electron chi connectivity index (χ4n) is 2.71. The maximum Gasteiger partial charge on any atom is 0.225 e. The molecule has 4 rings (SSSR count). The Morgan fingerprint density at radius 3 is 2.57 bits per heavy atom. The number of hydrogen-bond acceptors (Lipinski definition) is 7. The van der Waals surface area contributed by atoms with Crippen LogP contribution in [0.1, 0.15) is 5.69 Å². The van der Waals surface area contributed by atoms with Crippen LogP contribution in [-0.2, 0) is 6.54 Å². The van der Waals surface area contributed by atoms with Gasteiger partial charge >= 0.3 is 0 Å². The van der Waals surface area contributed by atoms with Crippen molar-refractivity contribution in [2.75, 3.05) is 31.1 Å². The lowest BCUT2D eigenvalue weighted by Crippen LogP contribution is -2.46. The zero-order chi connectivity index (χ0) is 15.5. The van der Waals surface area contributed by atoms with Gasteiger partial charge in [-0.1, -0.05) is 5.16 Å². The van der Waals surface area contributed by atoms with Crippen LogP contribution in [0.15, 0.2) is 51.9 Å². The fraction of sp³-hybridized carbons (Fsp3) is 0.312. The van der Waals surface area contributed by atoms with E-state index in [1.54, 1.807) is 18.7 Å². The summed E-state index contributed by atoms with van der Waals surface area (Å²) in [4.78, 5) is 13.2. The van der Waals surface area contributed by atoms with Crippen molar-refractivity contribution in [2.24, 2.45) is 0 Å². The van der Waals surface area contributed by atoms with Crippen molar-refractivity contribution in [1.82, 2.24) is 20.0 Å². The first-order valence-corrected chi connectivity index (χ1v) is 7.62. The summed E-state index contributed by atoms with van der Waals surface area (Å²) >= 11 is 0. The third kappa shape index (κ3) is 3.09. The highest BCUT2D eigenvalue weighted by molar-refractivity contribution is 5.49. The second-order valence-corrected chi connectivity index (χ2v) is 5.47. The molecule has 1 saturated heterocycles. The van der Waals surface area contributed by atoms with Crippen LogP contribution in [0, 0.1) is 0 Å². The van der Waals surface area contributed by atoms with E-state index in [2.05, 4.69) is 24.9 Å². The molecule has 118 valence electrons. The van der Waals surface area contributed by atoms with Gasteiger partial charge in [-0.05, 0) is 18.2 Å². The Hall–Kier alpha value is -2.67. The quantitative estimate of drug-likeness (QED) is 0.730. The minimum atomic E-state index is 0.668. The zero-order valence-corrected chi connectivity index (χ0v) is 12.6. The first kappa shape index (κ1) is 14.0. The standard InChI is InChI=1S/C16H17N5O2/c1-3-14(22-10-1)15-11-13(19-23-15)12-20-6-8-21(9-7-20)16-17-4-2-5-18-16/h1-5,10-11H,6-9,12H2. The Bertz CT molecular complexity index is 733. The second kappa shape index (κ2) is 6.21. The minimum absolute atomic E-state index is 0.668. The van der Waals surface area contributed by atoms with Gasteiger partial charge in [0, 0.05) is 51.2 Å². The van der Waals surface area contributed by atoms with Gasteiger partial charge in [0.15, 0.2) is 5.76 Å². The summed E-state index contributed by atoms with van der Waals surface area (Å²) in [7, 11) is 0. The summed E-state index contributed by atoms with van der Waals surface area (Å²) in [5.41, 5.74) is 0.917. The largest absolute Gasteiger partial charge is 0.461 e. The number of hydrogen-bond donors (Lipinski definition) is 0. The van der Waals surface area contributed by atoms with Crippen molar-refractivity contribution in [2.45, 2.75) is 6.54 Å². The monoisotopic (exact) mass is 311 g/mol. The van der Waals surface area contributed by atoms with E-state index in [9.17, 15) is 0 Å². The van der Waals surface area contributed by atoms with Crippen molar-refractivity contribution >= 4 is 5.95 Å². The molecule has 0 amide bonds. The molecule has 1 fully saturated rings. The smallest absolute Gasteiger partial charge is 0.225 e. The molecule has 7 heteroatoms. The van der Waals surface area contributed by atoms with E-state index in [4.69, 9.17) is 8.94 Å². The summed E-state index contributed by atoms with van der Waals surface area (Å²) in [5, 5.41) is 4.13. The van der Waals surface area contributed by atoms with Gasteiger partial charge in [-0.15, -0.1) is 0 Å². The molecule has 1 aliphatic heterocycles. The Morgan fingerprint density at radius 2 is 1.83 bits per heavy atom. The number of furan rings is 1. The highest BCUT2D eigenvalue weighted by Gasteiger charge is 2.20. The van der Waals surface area contributed by atoms with Crippen molar-refractivity contribution in [3.05, 3.63) is 48.6 Å². The molecule has 0 saturated carbocycles. The number of nitrogens with zero attached hydrogens (tertiary/aromatic N) is 5. The molecule has 0 aromatic carbocycles. The molecule has 0 radical (unpaired) electrons. The average molecular weight is 311 g/mol. The van der Waals surface area contributed by atoms with Gasteiger partial charge in [0.05, 0.1) is 12.0 Å². The van der Waals surface area contributed by atoms with Gasteiger partial charge in [-0.2, -0.15) is 0 Å². The molecule has 0 bridgehead atoms. The summed E-state index contributed by atoms with van der Waals surface area (Å²) in [6.45, 7) is 4.48. The summed E-state index contributed by atoms with van der Waals surface area (Å²) in [6, 6.07) is 7.47. The number of rotatable bonds is 4. The van der Waals surface area contributed by atoms with E-state index in [0.717, 1.165) is 44.4 Å². The molecule has 4 heterocycles. The van der Waals surface area contributed by atoms with Gasteiger partial charge in [-0.25, -0.2) is 9.97 Å². The Kier molecular flexibility index (Phi) is 3.77. The van der Waals surface area contributed by atoms with Gasteiger partial charge in [0.2, 0.25) is 11.7 Å². The molecule has 0 unspecified atom stereocenters. The lowest BCUT2D eigenvalue weighted by Gasteiger charge is -2.34. The van der Waals surface area contributed by atoms with Gasteiger partial charge in [-0.3, -0.25) is 4.90 Å². The first-order chi connectivity index (χ1) is 11.4. The van der Waals surface area contributed by atoms with E-state index < -0.39 is 0 Å². The number of anilines is 1. The second-order valence-electron chi connectivity index (χ2n) is 5.47. The van der Waals surface area contributed by atoms with E-state index in [1.807, 2.05) is 24.3 Å². The Balaban J connectivity index is 1.35. The summed E-state index contributed by atoms with van der Waals surface area (Å²) in [5.74, 6) is 2.17. The molecule has 0 spiro atoms. The Morgan fingerprint density at radius 1 is 1.00 bits per heavy atom. The summed E-state index contributed by atoms with van der Waals surface area (Å²) in [6.07, 6.45) is 5.18. The van der Waals surface area contributed by atoms with Crippen LogP contribution < -0.4 is 4.90 Å². The minimum Gasteiger partial charge on any atom is -0.461 e. The van der Waals surface area contributed by atoms with E-state index >= 15 is 0 Å². The predicted molar refractivity (Wildman–Crippen MR) is 83.7 cm³/mol. The predicted octanol–water partition coefficient (Wildman–Crippen LogP) is 2.05. The molecule has 7 nitrogen and oxygen atoms in total. The number of aromatic nitrogens is 3. The molecule has 1 aliphatic rings. The van der Waals surface area contributed by atoms with Gasteiger partial charge in [0.25, 0.3) is 0 Å². The normalized spacial score (nSPS) is 15.9. The molecule has 3 aromatic rings. The average Bonchev–Trinajstić information content (AvgIpc) is 3.28. The van der Waals surface area contributed by atoms with Crippen LogP contribution in [-0.4, -0.2) is 46.2 Å². The van der Waals surface area contributed by atoms with Crippen molar-refractivity contribution in [1.29, 1.82) is 0 Å². The molecular formula is C16H17N5O2. The van der Waals surface area contributed by atoms with Crippen molar-refractivity contribution in [3.8, 4) is 11.5 Å². The SMILES string of the molecule is c1cnc(N2CCN(Cc3cc(-c4ccco4)on3)CC2)nc1. The lowest BCUT2D eigenvalue weighted by atomic mass is 10.2. The van der Waals surface area contributed by atoms with Crippen LogP contribution in [0.2, 0.25) is 0 Å². The lowest BCUT2D eigenvalue weighted by molar-refractivity contribution is 0.241. The topological polar surface area (TPSA) is 71.4 Å². The maximum absolute atomic E-state index is 5.34. The van der Waals surface area contributed by atoms with Crippen LogP contribution in [0.5, 0.6) is 0 Å². The van der Waals surface area contributed by atoms with Crippen molar-refractivity contribution < 1.29 is 8.94 Å². The van der Waals surface area contributed by atoms with Crippen LogP contribution in [0.25, 0.3) is 11.5 Å². The van der Waals surface area contributed by atoms with E-state index in [-0.39, 0.29) is 0 Å². The number of piperazine rings is 1. The third-order valence-electron chi connectivity index (χ3n) is 3.92. The fourth-order valence-corrected chi connectivity index (χ4v) is 2.71. The molecule has 0 atom stereocenters. The van der Waals surface area contributed by atoms with E-state index in [1.165, 1.54) is 0 Å². The third-order valence-corrected chi connectivity index (χ3v) is 3.92. The van der Waals surface area contributed by atoms with Gasteiger partial charge < -0.3 is 13.8 Å². The Labute approximate surface area is 133 Å². The van der Waals surface area contributed by atoms with Crippen molar-refractivity contribution in [3.63, 3.8) is 0 Å². The van der Waals surface area contributed by atoms with Gasteiger partial charge in [0.1, 0.15) is 0 Å². The van der Waals surface area contributed by atoms with Crippen LogP contribution in [0.3, 0.4) is 0 Å². The first-order valence-electron chi connectivity index (χ1n) is 7.62. The molecule has 0 N–H and O–H groups in total. The highest BCUT2D eigenvalue weighted by Crippen LogP contribution is 2.21. The zero-order valence-electron chi connectivity index (χ0n) is 12.6. The molecule has 3 aromatic heterocycles. The molecule has 23 heavy (non-hydrogen) atoms. The summed E-state index contributed by atoms with van der Waals surface area (Å²) < 4.78 is 10.7. The molecular weight excluding hydrogens is 294 g/mol. The van der Waals surface area contributed by atoms with Crippen LogP contribution in [0.4, 0.5) is 5.95 Å². The molecule has 0 aliphatic carbocycles.